The molecule has 0 aliphatic heterocycles. The van der Waals surface area contributed by atoms with Gasteiger partial charge in [0.2, 0.25) is 0 Å². The highest BCUT2D eigenvalue weighted by atomic mass is 32.1. The number of rotatable bonds is 5. The number of anilines is 3. The maximum atomic E-state index is 2.46. The summed E-state index contributed by atoms with van der Waals surface area (Å²) in [6.07, 6.45) is 0. The van der Waals surface area contributed by atoms with Crippen LogP contribution >= 0.6 is 11.3 Å². The molecule has 10 rings (SSSR count). The summed E-state index contributed by atoms with van der Waals surface area (Å²) in [4.78, 5) is 2.46. The molecular weight excluding hydrogens is 623 g/mol. The van der Waals surface area contributed by atoms with E-state index in [-0.39, 0.29) is 0 Å². The van der Waals surface area contributed by atoms with Crippen LogP contribution in [0.25, 0.3) is 74.7 Å². The van der Waals surface area contributed by atoms with E-state index in [0.29, 0.717) is 0 Å². The number of hydrogen-bond acceptors (Lipinski definition) is 2. The zero-order chi connectivity index (χ0) is 33.0. The van der Waals surface area contributed by atoms with E-state index in [1.165, 1.54) is 74.7 Å². The van der Waals surface area contributed by atoms with E-state index in [1.54, 1.807) is 0 Å². The van der Waals surface area contributed by atoms with Gasteiger partial charge in [0.25, 0.3) is 0 Å². The van der Waals surface area contributed by atoms with Gasteiger partial charge in [-0.3, -0.25) is 0 Å². The SMILES string of the molecule is c1ccc(-c2ccccc2N(c2ccc3sc4c5ccccc5c(-c5cccc6ccccc56)cc4c3c2)c2cccc3ccccc23)cc1. The Kier molecular flexibility index (Phi) is 6.75. The van der Waals surface area contributed by atoms with Crippen LogP contribution < -0.4 is 4.90 Å². The molecule has 1 aromatic heterocycles. The molecule has 0 radical (unpaired) electrons. The third-order valence-electron chi connectivity index (χ3n) is 10.0. The molecule has 1 nitrogen and oxygen atoms in total. The number of para-hydroxylation sites is 1. The normalized spacial score (nSPS) is 11.6. The van der Waals surface area contributed by atoms with Crippen LogP contribution in [0.4, 0.5) is 17.1 Å². The summed E-state index contributed by atoms with van der Waals surface area (Å²) in [5.74, 6) is 0. The summed E-state index contributed by atoms with van der Waals surface area (Å²) < 4.78 is 2.62. The monoisotopic (exact) mass is 653 g/mol. The highest BCUT2D eigenvalue weighted by Crippen LogP contribution is 2.48. The molecule has 0 aliphatic rings. The Hall–Kier alpha value is -6.22. The number of fused-ring (bicyclic) bond motifs is 7. The molecular formula is C48H31NS. The topological polar surface area (TPSA) is 3.24 Å². The van der Waals surface area contributed by atoms with Gasteiger partial charge in [-0.1, -0.05) is 152 Å². The van der Waals surface area contributed by atoms with Crippen molar-refractivity contribution in [3.05, 3.63) is 188 Å². The van der Waals surface area contributed by atoms with Gasteiger partial charge in [-0.15, -0.1) is 11.3 Å². The fourth-order valence-electron chi connectivity index (χ4n) is 7.75. The third kappa shape index (κ3) is 4.61. The second-order valence-corrected chi connectivity index (χ2v) is 13.9. The van der Waals surface area contributed by atoms with Gasteiger partial charge in [-0.2, -0.15) is 0 Å². The fraction of sp³-hybridized carbons (Fsp3) is 0. The van der Waals surface area contributed by atoms with Crippen LogP contribution in [0, 0.1) is 0 Å². The van der Waals surface area contributed by atoms with Gasteiger partial charge in [0.05, 0.1) is 11.4 Å². The first-order valence-electron chi connectivity index (χ1n) is 17.1. The minimum atomic E-state index is 1.14. The lowest BCUT2D eigenvalue weighted by molar-refractivity contribution is 1.30. The van der Waals surface area contributed by atoms with Crippen LogP contribution in [0.5, 0.6) is 0 Å². The molecule has 50 heavy (non-hydrogen) atoms. The predicted octanol–water partition coefficient (Wildman–Crippen LogP) is 14.3. The van der Waals surface area contributed by atoms with Gasteiger partial charge < -0.3 is 4.90 Å². The van der Waals surface area contributed by atoms with E-state index in [0.717, 1.165) is 17.1 Å². The summed E-state index contributed by atoms with van der Waals surface area (Å²) in [7, 11) is 0. The predicted molar refractivity (Wildman–Crippen MR) is 217 cm³/mol. The molecule has 0 saturated carbocycles. The Bertz CT molecular complexity index is 2870. The van der Waals surface area contributed by atoms with Gasteiger partial charge in [-0.05, 0) is 74.6 Å². The average molecular weight is 654 g/mol. The second kappa shape index (κ2) is 11.7. The summed E-state index contributed by atoms with van der Waals surface area (Å²) in [6.45, 7) is 0. The molecule has 0 amide bonds. The highest BCUT2D eigenvalue weighted by Gasteiger charge is 2.21. The number of benzene rings is 9. The molecule has 234 valence electrons. The summed E-state index contributed by atoms with van der Waals surface area (Å²) in [6, 6.07) is 68.7. The number of thiophene rings is 1. The molecule has 0 bridgehead atoms. The summed E-state index contributed by atoms with van der Waals surface area (Å²) in [5.41, 5.74) is 8.38. The second-order valence-electron chi connectivity index (χ2n) is 12.9. The van der Waals surface area contributed by atoms with Gasteiger partial charge >= 0.3 is 0 Å². The highest BCUT2D eigenvalue weighted by molar-refractivity contribution is 7.26. The minimum absolute atomic E-state index is 1.14. The maximum absolute atomic E-state index is 2.46. The van der Waals surface area contributed by atoms with Gasteiger partial charge in [0.15, 0.2) is 0 Å². The number of nitrogens with zero attached hydrogens (tertiary/aromatic N) is 1. The van der Waals surface area contributed by atoms with E-state index >= 15 is 0 Å². The van der Waals surface area contributed by atoms with E-state index in [4.69, 9.17) is 0 Å². The first kappa shape index (κ1) is 28.8. The van der Waals surface area contributed by atoms with Crippen molar-refractivity contribution in [1.82, 2.24) is 0 Å². The average Bonchev–Trinajstić information content (AvgIpc) is 3.56. The fourth-order valence-corrected chi connectivity index (χ4v) is 8.95. The molecule has 0 saturated heterocycles. The van der Waals surface area contributed by atoms with Gasteiger partial charge in [0.1, 0.15) is 0 Å². The molecule has 0 N–H and O–H groups in total. The Morgan fingerprint density at radius 2 is 0.940 bits per heavy atom. The molecule has 10 aromatic rings. The van der Waals surface area contributed by atoms with Crippen LogP contribution in [0.15, 0.2) is 188 Å². The molecule has 0 spiro atoms. The molecule has 0 aliphatic carbocycles. The summed E-state index contributed by atoms with van der Waals surface area (Å²) in [5, 5.41) is 10.1. The van der Waals surface area contributed by atoms with Crippen molar-refractivity contribution in [3.63, 3.8) is 0 Å². The number of hydrogen-bond donors (Lipinski definition) is 0. The van der Waals surface area contributed by atoms with E-state index < -0.39 is 0 Å². The molecule has 9 aromatic carbocycles. The van der Waals surface area contributed by atoms with Gasteiger partial charge in [-0.25, -0.2) is 0 Å². The van der Waals surface area contributed by atoms with Crippen molar-refractivity contribution < 1.29 is 0 Å². The Morgan fingerprint density at radius 3 is 1.78 bits per heavy atom. The first-order valence-corrected chi connectivity index (χ1v) is 17.9. The van der Waals surface area contributed by atoms with Crippen molar-refractivity contribution in [2.45, 2.75) is 0 Å². The lowest BCUT2D eigenvalue weighted by Crippen LogP contribution is -2.11. The largest absolute Gasteiger partial charge is 0.309 e. The van der Waals surface area contributed by atoms with E-state index in [9.17, 15) is 0 Å². The third-order valence-corrected chi connectivity index (χ3v) is 11.3. The molecule has 0 atom stereocenters. The zero-order valence-corrected chi connectivity index (χ0v) is 28.1. The smallest absolute Gasteiger partial charge is 0.0540 e. The van der Waals surface area contributed by atoms with E-state index in [1.807, 2.05) is 11.3 Å². The van der Waals surface area contributed by atoms with Crippen molar-refractivity contribution in [3.8, 4) is 22.3 Å². The van der Waals surface area contributed by atoms with Crippen molar-refractivity contribution in [2.24, 2.45) is 0 Å². The summed E-state index contributed by atoms with van der Waals surface area (Å²) >= 11 is 1.89. The van der Waals surface area contributed by atoms with Crippen LogP contribution in [-0.4, -0.2) is 0 Å². The standard InChI is InChI=1S/C48H31NS/c1-2-14-33(15-3-1)37-22-10-11-26-45(37)49(46-27-13-19-34-17-5-7-21-38(34)46)35-28-29-47-43(30-35)44-31-42(40-23-8-9-24-41(40)48(44)50-47)39-25-12-18-32-16-4-6-20-36(32)39/h1-31H. The van der Waals surface area contributed by atoms with Crippen molar-refractivity contribution >= 4 is 80.9 Å². The Morgan fingerprint density at radius 1 is 0.340 bits per heavy atom. The molecule has 1 heterocycles. The van der Waals surface area contributed by atoms with E-state index in [2.05, 4.69) is 193 Å². The molecule has 2 heteroatoms. The van der Waals surface area contributed by atoms with Crippen LogP contribution in [0.2, 0.25) is 0 Å². The maximum Gasteiger partial charge on any atom is 0.0540 e. The van der Waals surface area contributed by atoms with Crippen LogP contribution in [-0.2, 0) is 0 Å². The van der Waals surface area contributed by atoms with Crippen LogP contribution in [0.1, 0.15) is 0 Å². The van der Waals surface area contributed by atoms with Crippen LogP contribution in [0.3, 0.4) is 0 Å². The molecule has 0 unspecified atom stereocenters. The first-order chi connectivity index (χ1) is 24.8. The molecule has 0 fully saturated rings. The van der Waals surface area contributed by atoms with Crippen molar-refractivity contribution in [2.75, 3.05) is 4.90 Å². The van der Waals surface area contributed by atoms with Gasteiger partial charge in [0, 0.05) is 42.2 Å². The minimum Gasteiger partial charge on any atom is -0.309 e. The zero-order valence-electron chi connectivity index (χ0n) is 27.3. The quantitative estimate of drug-likeness (QED) is 0.179. The lowest BCUT2D eigenvalue weighted by Gasteiger charge is -2.29. The Labute approximate surface area is 294 Å². The lowest BCUT2D eigenvalue weighted by atomic mass is 9.92. The van der Waals surface area contributed by atoms with Crippen molar-refractivity contribution in [1.29, 1.82) is 0 Å². The Balaban J connectivity index is 1.27.